The molecular formula is C23H24F3N5O3S. The summed E-state index contributed by atoms with van der Waals surface area (Å²) in [5, 5.41) is 10.0. The summed E-state index contributed by atoms with van der Waals surface area (Å²) in [5.74, 6) is -2.06. The third kappa shape index (κ3) is 5.52. The van der Waals surface area contributed by atoms with Gasteiger partial charge in [-0.05, 0) is 55.0 Å². The fraction of sp³-hybridized carbons (Fsp3) is 0.391. The first kappa shape index (κ1) is 24.8. The topological polar surface area (TPSA) is 111 Å². The number of alkyl halides is 3. The molecule has 1 fully saturated rings. The number of carbonyl (C=O) groups excluding carboxylic acids is 1. The number of hydrogen-bond acceptors (Lipinski definition) is 4. The van der Waals surface area contributed by atoms with Crippen LogP contribution in [0.1, 0.15) is 25.0 Å². The minimum absolute atomic E-state index is 0.0192. The molecule has 35 heavy (non-hydrogen) atoms. The van der Waals surface area contributed by atoms with Gasteiger partial charge in [-0.25, -0.2) is 8.42 Å². The average molecular weight is 508 g/mol. The van der Waals surface area contributed by atoms with Gasteiger partial charge >= 0.3 is 6.18 Å². The number of aromatic amines is 1. The Morgan fingerprint density at radius 2 is 1.97 bits per heavy atom. The van der Waals surface area contributed by atoms with E-state index in [0.717, 1.165) is 5.39 Å². The molecule has 1 aromatic carbocycles. The Bertz CT molecular complexity index is 1350. The minimum atomic E-state index is -4.32. The van der Waals surface area contributed by atoms with Crippen LogP contribution < -0.4 is 4.72 Å². The van der Waals surface area contributed by atoms with Crippen LogP contribution in [0.3, 0.4) is 0 Å². The molecule has 1 aliphatic rings. The lowest BCUT2D eigenvalue weighted by Gasteiger charge is -2.35. The molecule has 3 heterocycles. The number of aromatic nitrogens is 2. The number of nitrogens with one attached hydrogen (secondary N) is 2. The van der Waals surface area contributed by atoms with Crippen LogP contribution in [-0.4, -0.2) is 54.1 Å². The highest BCUT2D eigenvalue weighted by Crippen LogP contribution is 2.34. The van der Waals surface area contributed by atoms with Gasteiger partial charge in [0.05, 0.1) is 10.8 Å². The molecule has 2 aromatic heterocycles. The van der Waals surface area contributed by atoms with Crippen LogP contribution in [0.2, 0.25) is 0 Å². The predicted octanol–water partition coefficient (Wildman–Crippen LogP) is 3.38. The van der Waals surface area contributed by atoms with Crippen LogP contribution in [0.15, 0.2) is 53.7 Å². The van der Waals surface area contributed by atoms with Crippen LogP contribution in [0.5, 0.6) is 0 Å². The van der Waals surface area contributed by atoms with Crippen molar-refractivity contribution in [3.63, 3.8) is 0 Å². The molecule has 0 radical (unpaired) electrons. The molecular weight excluding hydrogens is 483 g/mol. The van der Waals surface area contributed by atoms with Crippen molar-refractivity contribution in [2.45, 2.75) is 42.9 Å². The van der Waals surface area contributed by atoms with Crippen LogP contribution in [0, 0.1) is 17.2 Å². The average Bonchev–Trinajstić information content (AvgIpc) is 3.49. The fourth-order valence-corrected chi connectivity index (χ4v) is 5.56. The Morgan fingerprint density at radius 3 is 2.66 bits per heavy atom. The first-order chi connectivity index (χ1) is 16.6. The van der Waals surface area contributed by atoms with Gasteiger partial charge in [0.1, 0.15) is 17.8 Å². The Kier molecular flexibility index (Phi) is 6.91. The zero-order valence-corrected chi connectivity index (χ0v) is 19.4. The van der Waals surface area contributed by atoms with Crippen molar-refractivity contribution in [2.24, 2.45) is 5.92 Å². The number of aryl methyl sites for hydroxylation is 1. The van der Waals surface area contributed by atoms with Gasteiger partial charge in [0.2, 0.25) is 15.9 Å². The van der Waals surface area contributed by atoms with E-state index in [4.69, 9.17) is 0 Å². The van der Waals surface area contributed by atoms with E-state index in [1.807, 2.05) is 6.07 Å². The molecule has 0 spiro atoms. The molecule has 0 bridgehead atoms. The molecule has 1 saturated heterocycles. The fourth-order valence-electron chi connectivity index (χ4n) is 4.31. The van der Waals surface area contributed by atoms with E-state index in [-0.39, 0.29) is 43.8 Å². The summed E-state index contributed by atoms with van der Waals surface area (Å²) in [4.78, 5) is 17.5. The predicted molar refractivity (Wildman–Crippen MR) is 122 cm³/mol. The monoisotopic (exact) mass is 507 g/mol. The molecule has 186 valence electrons. The van der Waals surface area contributed by atoms with Gasteiger partial charge in [0.15, 0.2) is 0 Å². The smallest absolute Gasteiger partial charge is 0.361 e. The van der Waals surface area contributed by atoms with Crippen LogP contribution in [-0.2, 0) is 21.4 Å². The summed E-state index contributed by atoms with van der Waals surface area (Å²) < 4.78 is 69.5. The number of nitrogens with zero attached hydrogens (tertiary/aromatic N) is 3. The Hall–Kier alpha value is -3.30. The lowest BCUT2D eigenvalue weighted by molar-refractivity contribution is -0.186. The molecule has 1 unspecified atom stereocenters. The summed E-state index contributed by atoms with van der Waals surface area (Å²) in [6, 6.07) is 10.4. The standard InChI is InChI=1S/C23H24F3N5O3S/c24-23(25,26)17-6-11-31(12-7-17)22(32)20(8-13-30-10-1-2-18(30)15-27)29-35(33,34)19-4-3-16-5-9-28-21(16)14-19/h1-5,9-10,14,17,20,28-29H,6-8,11-13H2. The third-order valence-electron chi connectivity index (χ3n) is 6.30. The maximum atomic E-state index is 13.3. The Balaban J connectivity index is 1.54. The van der Waals surface area contributed by atoms with E-state index >= 15 is 0 Å². The number of H-pyrrole nitrogens is 1. The second-order valence-corrected chi connectivity index (χ2v) is 10.2. The van der Waals surface area contributed by atoms with Gasteiger partial charge < -0.3 is 14.5 Å². The van der Waals surface area contributed by atoms with Crippen molar-refractivity contribution in [2.75, 3.05) is 13.1 Å². The lowest BCUT2D eigenvalue weighted by Crippen LogP contribution is -2.51. The van der Waals surface area contributed by atoms with Crippen molar-refractivity contribution in [1.82, 2.24) is 19.2 Å². The molecule has 4 rings (SSSR count). The summed E-state index contributed by atoms with van der Waals surface area (Å²) in [7, 11) is -4.13. The summed E-state index contributed by atoms with van der Waals surface area (Å²) >= 11 is 0. The van der Waals surface area contributed by atoms with Crippen molar-refractivity contribution in [3.8, 4) is 6.07 Å². The van der Waals surface area contributed by atoms with E-state index in [9.17, 15) is 31.6 Å². The number of halogens is 3. The minimum Gasteiger partial charge on any atom is -0.361 e. The highest BCUT2D eigenvalue weighted by Gasteiger charge is 2.42. The number of rotatable bonds is 7. The highest BCUT2D eigenvalue weighted by molar-refractivity contribution is 7.89. The second kappa shape index (κ2) is 9.75. The SMILES string of the molecule is N#Cc1cccn1CCC(NS(=O)(=O)c1ccc2cc[nH]c2c1)C(=O)N1CCC(C(F)(F)F)CC1. The molecule has 0 saturated carbocycles. The second-order valence-electron chi connectivity index (χ2n) is 8.53. The molecule has 3 aromatic rings. The molecule has 2 N–H and O–H groups in total. The number of amides is 1. The number of fused-ring (bicyclic) bond motifs is 1. The Labute approximate surface area is 200 Å². The van der Waals surface area contributed by atoms with Gasteiger partial charge in [-0.15, -0.1) is 0 Å². The van der Waals surface area contributed by atoms with Crippen molar-refractivity contribution >= 4 is 26.8 Å². The van der Waals surface area contributed by atoms with Crippen LogP contribution in [0.25, 0.3) is 10.9 Å². The summed E-state index contributed by atoms with van der Waals surface area (Å²) in [6.45, 7) is -0.0469. The number of benzene rings is 1. The van der Waals surface area contributed by atoms with Gasteiger partial charge in [-0.2, -0.15) is 23.2 Å². The lowest BCUT2D eigenvalue weighted by atomic mass is 9.95. The molecule has 0 aliphatic carbocycles. The number of carbonyl (C=O) groups is 1. The molecule has 12 heteroatoms. The van der Waals surface area contributed by atoms with E-state index in [1.54, 1.807) is 41.2 Å². The van der Waals surface area contributed by atoms with E-state index in [0.29, 0.717) is 11.2 Å². The summed E-state index contributed by atoms with van der Waals surface area (Å²) in [6.07, 6.45) is -1.44. The van der Waals surface area contributed by atoms with Crippen molar-refractivity contribution < 1.29 is 26.4 Å². The van der Waals surface area contributed by atoms with E-state index in [2.05, 4.69) is 9.71 Å². The van der Waals surface area contributed by atoms with Crippen LogP contribution >= 0.6 is 0 Å². The number of piperidine rings is 1. The van der Waals surface area contributed by atoms with Gasteiger partial charge in [-0.3, -0.25) is 4.79 Å². The summed E-state index contributed by atoms with van der Waals surface area (Å²) in [5.41, 5.74) is 0.957. The van der Waals surface area contributed by atoms with Crippen LogP contribution in [0.4, 0.5) is 13.2 Å². The number of likely N-dealkylation sites (tertiary alicyclic amines) is 1. The highest BCUT2D eigenvalue weighted by atomic mass is 32.2. The zero-order chi connectivity index (χ0) is 25.2. The van der Waals surface area contributed by atoms with Gasteiger partial charge in [0, 0.05) is 37.5 Å². The van der Waals surface area contributed by atoms with E-state index in [1.165, 1.54) is 17.0 Å². The van der Waals surface area contributed by atoms with Crippen molar-refractivity contribution in [1.29, 1.82) is 5.26 Å². The molecule has 8 nitrogen and oxygen atoms in total. The molecule has 1 amide bonds. The number of hydrogen-bond donors (Lipinski definition) is 2. The van der Waals surface area contributed by atoms with Gasteiger partial charge in [-0.1, -0.05) is 6.07 Å². The Morgan fingerprint density at radius 1 is 1.23 bits per heavy atom. The third-order valence-corrected chi connectivity index (χ3v) is 7.77. The maximum Gasteiger partial charge on any atom is 0.391 e. The maximum absolute atomic E-state index is 13.3. The van der Waals surface area contributed by atoms with Gasteiger partial charge in [0.25, 0.3) is 0 Å². The number of nitriles is 1. The van der Waals surface area contributed by atoms with E-state index < -0.39 is 34.1 Å². The molecule has 1 aliphatic heterocycles. The first-order valence-electron chi connectivity index (χ1n) is 11.1. The normalized spacial score (nSPS) is 16.3. The van der Waals surface area contributed by atoms with Crippen molar-refractivity contribution in [3.05, 3.63) is 54.5 Å². The first-order valence-corrected chi connectivity index (χ1v) is 12.6. The number of sulfonamides is 1. The molecule has 1 atom stereocenters. The quantitative estimate of drug-likeness (QED) is 0.511. The largest absolute Gasteiger partial charge is 0.391 e. The zero-order valence-electron chi connectivity index (χ0n) is 18.6.